The van der Waals surface area contributed by atoms with Crippen LogP contribution in [0.5, 0.6) is 0 Å². The second-order valence-electron chi connectivity index (χ2n) is 13.9. The largest absolute Gasteiger partial charge is 0.135 e. The second-order valence-corrected chi connectivity index (χ2v) is 17.1. The third-order valence-corrected chi connectivity index (χ3v) is 13.7. The first-order chi connectivity index (χ1) is 27.9. The van der Waals surface area contributed by atoms with Crippen LogP contribution in [0.2, 0.25) is 0 Å². The minimum Gasteiger partial charge on any atom is -0.135 e. The van der Waals surface area contributed by atoms with E-state index in [0.29, 0.717) is 0 Å². The lowest BCUT2D eigenvalue weighted by molar-refractivity contribution is 1.47. The van der Waals surface area contributed by atoms with Crippen LogP contribution in [0.1, 0.15) is 13.8 Å². The molecule has 3 heterocycles. The van der Waals surface area contributed by atoms with Crippen LogP contribution in [0.4, 0.5) is 0 Å². The average molecular weight is 787 g/mol. The Morgan fingerprint density at radius 3 is 1.09 bits per heavy atom. The molecule has 0 amide bonds. The van der Waals surface area contributed by atoms with Gasteiger partial charge in [-0.1, -0.05) is 159 Å². The van der Waals surface area contributed by atoms with Gasteiger partial charge in [0.2, 0.25) is 0 Å². The third kappa shape index (κ3) is 7.34. The maximum Gasteiger partial charge on any atom is 0.0433 e. The molecule has 0 spiro atoms. The third-order valence-electron chi connectivity index (χ3n) is 10.1. The van der Waals surface area contributed by atoms with E-state index in [1.807, 2.05) is 60.0 Å². The van der Waals surface area contributed by atoms with E-state index in [4.69, 9.17) is 0 Å². The van der Waals surface area contributed by atoms with Gasteiger partial charge in [-0.15, -0.1) is 40.6 Å². The molecule has 0 saturated heterocycles. The van der Waals surface area contributed by atoms with Gasteiger partial charge in [-0.2, -0.15) is 0 Å². The number of thiophene rings is 3. The van der Waals surface area contributed by atoms with Gasteiger partial charge in [0.05, 0.1) is 0 Å². The minimum absolute atomic E-state index is 0.954. The topological polar surface area (TPSA) is 0 Å². The van der Waals surface area contributed by atoms with Crippen molar-refractivity contribution in [2.75, 3.05) is 0 Å². The number of benzene rings is 7. The number of hydrogen-bond donors (Lipinski definition) is 0. The van der Waals surface area contributed by atoms with Gasteiger partial charge < -0.3 is 0 Å². The molecule has 0 saturated carbocycles. The minimum atomic E-state index is 0.954. The van der Waals surface area contributed by atoms with Crippen molar-refractivity contribution in [3.63, 3.8) is 0 Å². The zero-order valence-electron chi connectivity index (χ0n) is 32.2. The molecule has 0 atom stereocenters. The van der Waals surface area contributed by atoms with Crippen molar-refractivity contribution in [1.29, 1.82) is 0 Å². The summed E-state index contributed by atoms with van der Waals surface area (Å²) in [6.07, 6.45) is 7.19. The van der Waals surface area contributed by atoms with E-state index in [1.54, 1.807) is 12.2 Å². The van der Waals surface area contributed by atoms with Crippen molar-refractivity contribution in [1.82, 2.24) is 0 Å². The van der Waals surface area contributed by atoms with E-state index < -0.39 is 0 Å². The van der Waals surface area contributed by atoms with Crippen molar-refractivity contribution in [2.45, 2.75) is 13.8 Å². The lowest BCUT2D eigenvalue weighted by Gasteiger charge is -2.13. The number of hydrogen-bond acceptors (Lipinski definition) is 3. The van der Waals surface area contributed by atoms with E-state index >= 15 is 0 Å². The molecule has 10 aromatic rings. The smallest absolute Gasteiger partial charge is 0.0433 e. The molecule has 3 heteroatoms. The molecule has 10 rings (SSSR count). The fraction of sp³-hybridized carbons (Fsp3) is 0.0370. The van der Waals surface area contributed by atoms with Gasteiger partial charge in [-0.3, -0.25) is 0 Å². The van der Waals surface area contributed by atoms with Gasteiger partial charge in [0.25, 0.3) is 0 Å². The summed E-state index contributed by atoms with van der Waals surface area (Å²) in [4.78, 5) is 0. The normalized spacial score (nSPS) is 11.2. The van der Waals surface area contributed by atoms with Gasteiger partial charge in [0, 0.05) is 60.5 Å². The molecule has 0 aliphatic carbocycles. The lowest BCUT2D eigenvalue weighted by Crippen LogP contribution is -1.87. The van der Waals surface area contributed by atoms with Crippen molar-refractivity contribution in [3.8, 4) is 33.4 Å². The van der Waals surface area contributed by atoms with Crippen molar-refractivity contribution < 1.29 is 0 Å². The Kier molecular flexibility index (Phi) is 11.0. The number of rotatable bonds is 6. The molecule has 0 radical (unpaired) electrons. The fourth-order valence-electron chi connectivity index (χ4n) is 7.34. The van der Waals surface area contributed by atoms with Crippen molar-refractivity contribution >= 4 is 94.5 Å². The quantitative estimate of drug-likeness (QED) is 0.116. The van der Waals surface area contributed by atoms with Crippen LogP contribution in [0, 0.1) is 0 Å². The summed E-state index contributed by atoms with van der Waals surface area (Å²) in [5.41, 5.74) is 9.61. The van der Waals surface area contributed by atoms with E-state index in [2.05, 4.69) is 172 Å². The zero-order valence-corrected chi connectivity index (χ0v) is 34.7. The summed E-state index contributed by atoms with van der Waals surface area (Å²) in [5.74, 6) is 0. The van der Waals surface area contributed by atoms with E-state index in [-0.39, 0.29) is 0 Å². The molecule has 7 aromatic carbocycles. The van der Waals surface area contributed by atoms with Crippen LogP contribution in [-0.2, 0) is 0 Å². The lowest BCUT2D eigenvalue weighted by atomic mass is 9.92. The first-order valence-corrected chi connectivity index (χ1v) is 21.4. The molecule has 3 aromatic heterocycles. The molecule has 0 nitrogen and oxygen atoms in total. The van der Waals surface area contributed by atoms with Crippen LogP contribution in [0.25, 0.3) is 93.9 Å². The Hall–Kier alpha value is -6.10. The first kappa shape index (κ1) is 37.8. The van der Waals surface area contributed by atoms with Crippen LogP contribution < -0.4 is 0 Å². The first-order valence-electron chi connectivity index (χ1n) is 19.0. The van der Waals surface area contributed by atoms with Crippen molar-refractivity contribution in [2.24, 2.45) is 0 Å². The highest BCUT2D eigenvalue weighted by Gasteiger charge is 2.17. The molecule has 57 heavy (non-hydrogen) atoms. The fourth-order valence-corrected chi connectivity index (χ4v) is 11.1. The zero-order chi connectivity index (χ0) is 39.5. The Bertz CT molecular complexity index is 2860. The van der Waals surface area contributed by atoms with Crippen molar-refractivity contribution in [3.05, 3.63) is 207 Å². The summed E-state index contributed by atoms with van der Waals surface area (Å²) in [7, 11) is 0. The van der Waals surface area contributed by atoms with E-state index in [0.717, 1.165) is 11.1 Å². The molecule has 276 valence electrons. The molecule has 0 aliphatic rings. The Balaban J connectivity index is 0.000000334. The molecule has 0 fully saturated rings. The molecular weight excluding hydrogens is 745 g/mol. The number of fused-ring (bicyclic) bond motifs is 9. The highest BCUT2D eigenvalue weighted by atomic mass is 32.1. The summed E-state index contributed by atoms with van der Waals surface area (Å²) < 4.78 is 8.05. The molecule has 0 N–H and O–H groups in total. The average Bonchev–Trinajstić information content (AvgIpc) is 3.94. The predicted octanol–water partition coefficient (Wildman–Crippen LogP) is 17.8. The van der Waals surface area contributed by atoms with Crippen LogP contribution >= 0.6 is 34.0 Å². The highest BCUT2D eigenvalue weighted by molar-refractivity contribution is 7.27. The standard InChI is InChI=1S/C42H24S3.C9H12.C3H6/c1-4-19-37-31(10-1)34-16-7-13-28(40(34)43-37)25-22-26(29-14-8-17-35-32-11-2-5-20-38(32)44-41(29)35)24-27(23-25)30-15-9-18-36-33-12-3-6-21-39(33)45-42(30)36;1-5-6-7-9(4)8(2)3;1-3-2/h1-24H;5-7H,1-2,4H2,3H3;3H,1H2,2H3/b;7-6-;. The molecule has 0 bridgehead atoms. The second kappa shape index (κ2) is 16.6. The van der Waals surface area contributed by atoms with E-state index in [1.165, 1.54) is 93.9 Å². The summed E-state index contributed by atoms with van der Waals surface area (Å²) >= 11 is 5.70. The van der Waals surface area contributed by atoms with Crippen LogP contribution in [-0.4, -0.2) is 0 Å². The maximum absolute atomic E-state index is 3.76. The molecular formula is C54H42S3. The Morgan fingerprint density at radius 1 is 0.456 bits per heavy atom. The van der Waals surface area contributed by atoms with Gasteiger partial charge >= 0.3 is 0 Å². The monoisotopic (exact) mass is 786 g/mol. The van der Waals surface area contributed by atoms with Gasteiger partial charge in [0.15, 0.2) is 0 Å². The predicted molar refractivity (Wildman–Crippen MR) is 261 cm³/mol. The molecule has 0 unspecified atom stereocenters. The summed E-state index contributed by atoms with van der Waals surface area (Å²) in [5, 5.41) is 8.00. The Morgan fingerprint density at radius 2 is 0.772 bits per heavy atom. The number of allylic oxidation sites excluding steroid dienone is 6. The highest BCUT2D eigenvalue weighted by Crippen LogP contribution is 2.46. The van der Waals surface area contributed by atoms with Gasteiger partial charge in [0.1, 0.15) is 0 Å². The van der Waals surface area contributed by atoms with Gasteiger partial charge in [-0.25, -0.2) is 0 Å². The van der Waals surface area contributed by atoms with Gasteiger partial charge in [-0.05, 0) is 89.2 Å². The maximum atomic E-state index is 3.76. The Labute approximate surface area is 347 Å². The van der Waals surface area contributed by atoms with Crippen LogP contribution in [0.15, 0.2) is 207 Å². The summed E-state index contributed by atoms with van der Waals surface area (Å²) in [6.45, 7) is 18.2. The summed E-state index contributed by atoms with van der Waals surface area (Å²) in [6, 6.07) is 54.1. The van der Waals surface area contributed by atoms with Crippen LogP contribution in [0.3, 0.4) is 0 Å². The molecule has 0 aliphatic heterocycles. The van der Waals surface area contributed by atoms with E-state index in [9.17, 15) is 0 Å². The SMILES string of the molecule is C=C/C=C\C(=C)C(=C)C.C=CC.c1ccc2c(c1)sc1c(-c3cc(-c4cccc5c4sc4ccccc45)cc(-c4cccc5c4sc4ccccc45)c3)cccc12.